The number of hydrogen-bond donors (Lipinski definition) is 0. The SMILES string of the molecule is Cc1ccc(CN(C(=O)COc2ccc(C)cc2)c2ccccn2)cc1. The van der Waals surface area contributed by atoms with Gasteiger partial charge in [0.15, 0.2) is 6.61 Å². The van der Waals surface area contributed by atoms with E-state index in [2.05, 4.69) is 4.98 Å². The molecular weight excluding hydrogens is 324 g/mol. The molecule has 0 bridgehead atoms. The van der Waals surface area contributed by atoms with E-state index >= 15 is 0 Å². The van der Waals surface area contributed by atoms with Crippen molar-refractivity contribution in [1.29, 1.82) is 0 Å². The third kappa shape index (κ3) is 4.70. The number of carbonyl (C=O) groups excluding carboxylic acids is 1. The lowest BCUT2D eigenvalue weighted by molar-refractivity contribution is -0.120. The van der Waals surface area contributed by atoms with Gasteiger partial charge >= 0.3 is 0 Å². The normalized spacial score (nSPS) is 10.4. The van der Waals surface area contributed by atoms with Crippen molar-refractivity contribution in [2.75, 3.05) is 11.5 Å². The summed E-state index contributed by atoms with van der Waals surface area (Å²) in [5.74, 6) is 1.16. The van der Waals surface area contributed by atoms with Gasteiger partial charge in [-0.1, -0.05) is 53.6 Å². The van der Waals surface area contributed by atoms with E-state index in [4.69, 9.17) is 4.74 Å². The molecule has 2 aromatic carbocycles. The van der Waals surface area contributed by atoms with Crippen molar-refractivity contribution in [2.24, 2.45) is 0 Å². The predicted molar refractivity (Wildman–Crippen MR) is 103 cm³/mol. The van der Waals surface area contributed by atoms with Gasteiger partial charge in [0.2, 0.25) is 0 Å². The standard InChI is InChI=1S/C22H22N2O2/c1-17-6-10-19(11-7-17)15-24(21-5-3-4-14-23-21)22(25)16-26-20-12-8-18(2)9-13-20/h3-14H,15-16H2,1-2H3. The molecule has 3 aromatic rings. The molecule has 3 rings (SSSR count). The molecule has 0 fully saturated rings. The van der Waals surface area contributed by atoms with E-state index in [0.29, 0.717) is 18.1 Å². The van der Waals surface area contributed by atoms with Gasteiger partial charge in [-0.25, -0.2) is 4.98 Å². The fourth-order valence-electron chi connectivity index (χ4n) is 2.54. The van der Waals surface area contributed by atoms with Crippen LogP contribution in [-0.2, 0) is 11.3 Å². The number of aryl methyl sites for hydroxylation is 2. The second-order valence-electron chi connectivity index (χ2n) is 6.26. The van der Waals surface area contributed by atoms with Gasteiger partial charge in [0.05, 0.1) is 6.54 Å². The van der Waals surface area contributed by atoms with E-state index in [1.54, 1.807) is 11.1 Å². The van der Waals surface area contributed by atoms with Crippen LogP contribution >= 0.6 is 0 Å². The van der Waals surface area contributed by atoms with Crippen LogP contribution < -0.4 is 9.64 Å². The van der Waals surface area contributed by atoms with Gasteiger partial charge in [-0.3, -0.25) is 9.69 Å². The van der Waals surface area contributed by atoms with E-state index in [9.17, 15) is 4.79 Å². The molecule has 0 saturated carbocycles. The molecule has 132 valence electrons. The van der Waals surface area contributed by atoms with Crippen LogP contribution in [0.1, 0.15) is 16.7 Å². The van der Waals surface area contributed by atoms with Crippen molar-refractivity contribution in [3.63, 3.8) is 0 Å². The molecule has 0 aliphatic carbocycles. The highest BCUT2D eigenvalue weighted by Crippen LogP contribution is 2.16. The van der Waals surface area contributed by atoms with E-state index in [1.807, 2.05) is 80.6 Å². The van der Waals surface area contributed by atoms with Crippen LogP contribution in [0.15, 0.2) is 72.9 Å². The number of aromatic nitrogens is 1. The summed E-state index contributed by atoms with van der Waals surface area (Å²) < 4.78 is 5.66. The van der Waals surface area contributed by atoms with Crippen LogP contribution in [0.3, 0.4) is 0 Å². The highest BCUT2D eigenvalue weighted by Gasteiger charge is 2.18. The smallest absolute Gasteiger partial charge is 0.266 e. The largest absolute Gasteiger partial charge is 0.484 e. The molecule has 0 N–H and O–H groups in total. The van der Waals surface area contributed by atoms with Crippen molar-refractivity contribution >= 4 is 11.7 Å². The second kappa shape index (κ2) is 8.30. The number of pyridine rings is 1. The zero-order valence-electron chi connectivity index (χ0n) is 15.1. The number of ether oxygens (including phenoxy) is 1. The van der Waals surface area contributed by atoms with Crippen molar-refractivity contribution in [3.8, 4) is 5.75 Å². The first-order chi connectivity index (χ1) is 12.6. The summed E-state index contributed by atoms with van der Waals surface area (Å²) in [6, 6.07) is 21.3. The number of rotatable bonds is 6. The summed E-state index contributed by atoms with van der Waals surface area (Å²) in [6.07, 6.45) is 1.69. The van der Waals surface area contributed by atoms with E-state index in [-0.39, 0.29) is 12.5 Å². The lowest BCUT2D eigenvalue weighted by Gasteiger charge is -2.22. The number of anilines is 1. The Morgan fingerprint density at radius 3 is 2.19 bits per heavy atom. The van der Waals surface area contributed by atoms with Gasteiger partial charge < -0.3 is 4.74 Å². The Balaban J connectivity index is 1.74. The summed E-state index contributed by atoms with van der Waals surface area (Å²) >= 11 is 0. The van der Waals surface area contributed by atoms with Crippen LogP contribution in [-0.4, -0.2) is 17.5 Å². The van der Waals surface area contributed by atoms with E-state index < -0.39 is 0 Å². The molecular formula is C22H22N2O2. The first-order valence-corrected chi connectivity index (χ1v) is 8.58. The Kier molecular flexibility index (Phi) is 5.64. The summed E-state index contributed by atoms with van der Waals surface area (Å²) in [7, 11) is 0. The van der Waals surface area contributed by atoms with Gasteiger partial charge in [-0.2, -0.15) is 0 Å². The quantitative estimate of drug-likeness (QED) is 0.668. The van der Waals surface area contributed by atoms with Crippen LogP contribution in [0, 0.1) is 13.8 Å². The van der Waals surface area contributed by atoms with Crippen LogP contribution in [0.4, 0.5) is 5.82 Å². The Bertz CT molecular complexity index is 844. The molecule has 0 unspecified atom stereocenters. The van der Waals surface area contributed by atoms with Crippen molar-refractivity contribution < 1.29 is 9.53 Å². The van der Waals surface area contributed by atoms with Gasteiger partial charge in [-0.15, -0.1) is 0 Å². The molecule has 0 atom stereocenters. The molecule has 0 radical (unpaired) electrons. The highest BCUT2D eigenvalue weighted by atomic mass is 16.5. The average molecular weight is 346 g/mol. The maximum atomic E-state index is 12.8. The zero-order chi connectivity index (χ0) is 18.4. The molecule has 1 amide bonds. The Morgan fingerprint density at radius 1 is 0.923 bits per heavy atom. The van der Waals surface area contributed by atoms with Gasteiger partial charge in [-0.05, 0) is 43.7 Å². The number of benzene rings is 2. The Labute approximate surface area is 154 Å². The van der Waals surface area contributed by atoms with E-state index in [1.165, 1.54) is 5.56 Å². The summed E-state index contributed by atoms with van der Waals surface area (Å²) in [4.78, 5) is 18.8. The lowest BCUT2D eigenvalue weighted by Crippen LogP contribution is -2.35. The van der Waals surface area contributed by atoms with Crippen LogP contribution in [0.2, 0.25) is 0 Å². The molecule has 1 heterocycles. The third-order valence-electron chi connectivity index (χ3n) is 4.07. The minimum Gasteiger partial charge on any atom is -0.484 e. The molecule has 4 nitrogen and oxygen atoms in total. The van der Waals surface area contributed by atoms with Crippen LogP contribution in [0.25, 0.3) is 0 Å². The highest BCUT2D eigenvalue weighted by molar-refractivity contribution is 5.93. The first-order valence-electron chi connectivity index (χ1n) is 8.58. The number of amides is 1. The zero-order valence-corrected chi connectivity index (χ0v) is 15.1. The van der Waals surface area contributed by atoms with Gasteiger partial charge in [0.1, 0.15) is 11.6 Å². The first kappa shape index (κ1) is 17.7. The van der Waals surface area contributed by atoms with Crippen molar-refractivity contribution in [1.82, 2.24) is 4.98 Å². The molecule has 1 aromatic heterocycles. The molecule has 0 spiro atoms. The Morgan fingerprint density at radius 2 is 1.58 bits per heavy atom. The van der Waals surface area contributed by atoms with Crippen LogP contribution in [0.5, 0.6) is 5.75 Å². The molecule has 0 aliphatic rings. The maximum absolute atomic E-state index is 12.8. The van der Waals surface area contributed by atoms with Gasteiger partial charge in [0, 0.05) is 6.20 Å². The van der Waals surface area contributed by atoms with Crippen molar-refractivity contribution in [3.05, 3.63) is 89.6 Å². The van der Waals surface area contributed by atoms with Gasteiger partial charge in [0.25, 0.3) is 5.91 Å². The minimum atomic E-state index is -0.134. The van der Waals surface area contributed by atoms with Crippen molar-refractivity contribution in [2.45, 2.75) is 20.4 Å². The average Bonchev–Trinajstić information content (AvgIpc) is 2.67. The monoisotopic (exact) mass is 346 g/mol. The number of carbonyl (C=O) groups is 1. The summed E-state index contributed by atoms with van der Waals surface area (Å²) in [6.45, 7) is 4.47. The predicted octanol–water partition coefficient (Wildman–Crippen LogP) is 4.31. The van der Waals surface area contributed by atoms with E-state index in [0.717, 1.165) is 11.1 Å². The number of hydrogen-bond acceptors (Lipinski definition) is 3. The summed E-state index contributed by atoms with van der Waals surface area (Å²) in [5, 5.41) is 0. The second-order valence-corrected chi connectivity index (χ2v) is 6.26. The topological polar surface area (TPSA) is 42.4 Å². The molecule has 4 heteroatoms. The molecule has 0 saturated heterocycles. The maximum Gasteiger partial charge on any atom is 0.266 e. The summed E-state index contributed by atoms with van der Waals surface area (Å²) in [5.41, 5.74) is 3.38. The number of nitrogens with zero attached hydrogens (tertiary/aromatic N) is 2. The fraction of sp³-hybridized carbons (Fsp3) is 0.182. The molecule has 26 heavy (non-hydrogen) atoms. The third-order valence-corrected chi connectivity index (χ3v) is 4.07. The Hall–Kier alpha value is -3.14. The minimum absolute atomic E-state index is 0.0362. The molecule has 0 aliphatic heterocycles. The fourth-order valence-corrected chi connectivity index (χ4v) is 2.54. The lowest BCUT2D eigenvalue weighted by atomic mass is 10.1.